The van der Waals surface area contributed by atoms with Crippen LogP contribution in [0.3, 0.4) is 0 Å². The van der Waals surface area contributed by atoms with Crippen molar-refractivity contribution in [1.29, 1.82) is 0 Å². The average Bonchev–Trinajstić information content (AvgIpc) is 2.78. The second-order valence-electron chi connectivity index (χ2n) is 10.2. The first-order chi connectivity index (χ1) is 14.6. The SMILES string of the molecule is CCCP(CCC)C1(P(CCC)C2(P(CCC)CCC)CCCCC2)CCCCC1. The molecular weight excluding hydrogens is 417 g/mol. The highest BCUT2D eigenvalue weighted by atomic mass is 31.2. The van der Waals surface area contributed by atoms with Crippen LogP contribution in [0.4, 0.5) is 0 Å². The normalized spacial score (nSPS) is 21.6. The minimum absolute atomic E-state index is 0.167. The van der Waals surface area contributed by atoms with Gasteiger partial charge in [-0.1, -0.05) is 129 Å². The van der Waals surface area contributed by atoms with E-state index < -0.39 is 0 Å². The molecule has 0 radical (unpaired) electrons. The predicted octanol–water partition coefficient (Wildman–Crippen LogP) is 10.8. The fraction of sp³-hybridized carbons (Fsp3) is 1.00. The highest BCUT2D eigenvalue weighted by Gasteiger charge is 2.55. The van der Waals surface area contributed by atoms with Crippen LogP contribution in [0.1, 0.15) is 131 Å². The van der Waals surface area contributed by atoms with Gasteiger partial charge in [-0.2, -0.15) is 0 Å². The number of hydrogen-bond acceptors (Lipinski definition) is 0. The highest BCUT2D eigenvalue weighted by molar-refractivity contribution is 7.85. The molecule has 0 amide bonds. The van der Waals surface area contributed by atoms with Crippen molar-refractivity contribution in [3.8, 4) is 0 Å². The third-order valence-electron chi connectivity index (χ3n) is 7.91. The van der Waals surface area contributed by atoms with Crippen LogP contribution in [0.25, 0.3) is 0 Å². The maximum absolute atomic E-state index is 2.53. The van der Waals surface area contributed by atoms with Gasteiger partial charge in [0.2, 0.25) is 0 Å². The summed E-state index contributed by atoms with van der Waals surface area (Å²) < 4.78 is 0. The van der Waals surface area contributed by atoms with Crippen LogP contribution in [0.15, 0.2) is 0 Å². The van der Waals surface area contributed by atoms with Gasteiger partial charge in [-0.25, -0.2) is 0 Å². The van der Waals surface area contributed by atoms with Crippen LogP contribution < -0.4 is 0 Å². The first kappa shape index (κ1) is 27.5. The van der Waals surface area contributed by atoms with Crippen LogP contribution in [-0.4, -0.2) is 40.6 Å². The van der Waals surface area contributed by atoms with Crippen molar-refractivity contribution >= 4 is 23.8 Å². The summed E-state index contributed by atoms with van der Waals surface area (Å²) in [6, 6.07) is 0. The summed E-state index contributed by atoms with van der Waals surface area (Å²) in [7, 11) is 0.617. The zero-order chi connectivity index (χ0) is 21.9. The topological polar surface area (TPSA) is 0 Å². The lowest BCUT2D eigenvalue weighted by Gasteiger charge is -2.60. The Kier molecular flexibility index (Phi) is 13.3. The van der Waals surface area contributed by atoms with E-state index >= 15 is 0 Å². The lowest BCUT2D eigenvalue weighted by molar-refractivity contribution is 0.446. The van der Waals surface area contributed by atoms with E-state index in [4.69, 9.17) is 0 Å². The van der Waals surface area contributed by atoms with Gasteiger partial charge in [0.1, 0.15) is 0 Å². The third kappa shape index (κ3) is 6.45. The van der Waals surface area contributed by atoms with E-state index in [1.54, 1.807) is 82.2 Å². The van der Waals surface area contributed by atoms with Crippen LogP contribution in [-0.2, 0) is 0 Å². The monoisotopic (exact) mass is 472 g/mol. The molecule has 0 nitrogen and oxygen atoms in total. The molecule has 3 heteroatoms. The van der Waals surface area contributed by atoms with Crippen molar-refractivity contribution in [2.24, 2.45) is 0 Å². The van der Waals surface area contributed by atoms with Gasteiger partial charge in [-0.3, -0.25) is 0 Å². The Morgan fingerprint density at radius 3 is 1.00 bits per heavy atom. The molecule has 0 aromatic heterocycles. The van der Waals surface area contributed by atoms with Crippen molar-refractivity contribution in [3.05, 3.63) is 0 Å². The molecule has 0 bridgehead atoms. The molecule has 0 heterocycles. The lowest BCUT2D eigenvalue weighted by Crippen LogP contribution is -2.41. The van der Waals surface area contributed by atoms with E-state index in [1.165, 1.54) is 44.9 Å². The van der Waals surface area contributed by atoms with Gasteiger partial charge in [0.25, 0.3) is 0 Å². The van der Waals surface area contributed by atoms with Crippen molar-refractivity contribution < 1.29 is 0 Å². The molecule has 2 saturated carbocycles. The summed E-state index contributed by atoms with van der Waals surface area (Å²) in [5.74, 6) is 0. The summed E-state index contributed by atoms with van der Waals surface area (Å²) in [6.45, 7) is 12.5. The minimum atomic E-state index is 0.167. The number of hydrogen-bond donors (Lipinski definition) is 0. The molecule has 178 valence electrons. The Bertz CT molecular complexity index is 387. The predicted molar refractivity (Wildman–Crippen MR) is 148 cm³/mol. The van der Waals surface area contributed by atoms with E-state index in [-0.39, 0.29) is 23.8 Å². The molecule has 2 rings (SSSR count). The molecule has 30 heavy (non-hydrogen) atoms. The summed E-state index contributed by atoms with van der Waals surface area (Å²) in [5.41, 5.74) is 0. The fourth-order valence-corrected chi connectivity index (χ4v) is 22.8. The van der Waals surface area contributed by atoms with E-state index in [2.05, 4.69) is 34.6 Å². The van der Waals surface area contributed by atoms with Crippen molar-refractivity contribution in [2.75, 3.05) is 30.8 Å². The molecule has 0 atom stereocenters. The zero-order valence-corrected chi connectivity index (χ0v) is 24.2. The standard InChI is InChI=1S/C27H55P3/c1-6-21-28(22-7-2)26(17-13-11-14-18-26)30(25-10-5)27(19-15-12-16-20-27)29(23-8-3)24-9-4/h6-25H2,1-5H3. The Morgan fingerprint density at radius 2 is 0.733 bits per heavy atom. The molecule has 2 fully saturated rings. The van der Waals surface area contributed by atoms with Gasteiger partial charge in [0.05, 0.1) is 0 Å². The molecular formula is C27H55P3. The molecule has 0 N–H and O–H groups in total. The summed E-state index contributed by atoms with van der Waals surface area (Å²) in [6.07, 6.45) is 31.0. The van der Waals surface area contributed by atoms with E-state index in [0.29, 0.717) is 0 Å². The molecule has 0 aromatic carbocycles. The van der Waals surface area contributed by atoms with Gasteiger partial charge in [-0.05, 0) is 56.5 Å². The van der Waals surface area contributed by atoms with Crippen LogP contribution >= 0.6 is 23.8 Å². The molecule has 0 aromatic rings. The van der Waals surface area contributed by atoms with E-state index in [0.717, 1.165) is 9.79 Å². The average molecular weight is 473 g/mol. The maximum Gasteiger partial charge on any atom is 0.0114 e. The van der Waals surface area contributed by atoms with Gasteiger partial charge >= 0.3 is 0 Å². The number of rotatable bonds is 14. The van der Waals surface area contributed by atoms with Crippen LogP contribution in [0.5, 0.6) is 0 Å². The first-order valence-corrected chi connectivity index (χ1v) is 18.9. The Balaban J connectivity index is 2.56. The Hall–Kier alpha value is 1.29. The zero-order valence-electron chi connectivity index (χ0n) is 21.5. The highest BCUT2D eigenvalue weighted by Crippen LogP contribution is 2.84. The van der Waals surface area contributed by atoms with Crippen molar-refractivity contribution in [1.82, 2.24) is 0 Å². The molecule has 0 spiro atoms. The van der Waals surface area contributed by atoms with Crippen molar-refractivity contribution in [3.63, 3.8) is 0 Å². The summed E-state index contributed by atoms with van der Waals surface area (Å²) in [5, 5.41) is 0. The molecule has 0 unspecified atom stereocenters. The summed E-state index contributed by atoms with van der Waals surface area (Å²) in [4.78, 5) is 1.62. The van der Waals surface area contributed by atoms with Gasteiger partial charge < -0.3 is 0 Å². The lowest BCUT2D eigenvalue weighted by atomic mass is 9.99. The van der Waals surface area contributed by atoms with Crippen LogP contribution in [0, 0.1) is 0 Å². The Morgan fingerprint density at radius 1 is 0.433 bits per heavy atom. The van der Waals surface area contributed by atoms with Crippen LogP contribution in [0.2, 0.25) is 0 Å². The molecule has 2 aliphatic carbocycles. The van der Waals surface area contributed by atoms with Crippen molar-refractivity contribution in [2.45, 2.75) is 141 Å². The van der Waals surface area contributed by atoms with Gasteiger partial charge in [-0.15, -0.1) is 0 Å². The molecule has 2 aliphatic rings. The van der Waals surface area contributed by atoms with E-state index in [1.807, 2.05) is 0 Å². The van der Waals surface area contributed by atoms with E-state index in [9.17, 15) is 0 Å². The second kappa shape index (κ2) is 14.5. The Labute approximate surface area is 195 Å². The second-order valence-corrected chi connectivity index (χ2v) is 19.6. The third-order valence-corrected chi connectivity index (χ3v) is 22.1. The minimum Gasteiger partial charge on any atom is -0.0959 e. The van der Waals surface area contributed by atoms with Gasteiger partial charge in [0, 0.05) is 9.79 Å². The maximum atomic E-state index is 2.53. The fourth-order valence-electron chi connectivity index (χ4n) is 6.91. The molecule has 0 aliphatic heterocycles. The van der Waals surface area contributed by atoms with Gasteiger partial charge in [0.15, 0.2) is 0 Å². The molecule has 0 saturated heterocycles. The quantitative estimate of drug-likeness (QED) is 0.221. The smallest absolute Gasteiger partial charge is 0.0114 e. The largest absolute Gasteiger partial charge is 0.0959 e. The first-order valence-electron chi connectivity index (χ1n) is 13.9. The summed E-state index contributed by atoms with van der Waals surface area (Å²) >= 11 is 0.